The number of ether oxygens (including phenoxy) is 3. The van der Waals surface area contributed by atoms with E-state index in [0.29, 0.717) is 32.3 Å². The average Bonchev–Trinajstić information content (AvgIpc) is 2.95. The fraction of sp³-hybridized carbons (Fsp3) is 0.312. The van der Waals surface area contributed by atoms with Crippen molar-refractivity contribution in [1.82, 2.24) is 5.32 Å². The summed E-state index contributed by atoms with van der Waals surface area (Å²) in [4.78, 5) is 0. The molecule has 0 bridgehead atoms. The maximum Gasteiger partial charge on any atom is 1.00 e. The molecular weight excluding hydrogens is 469 g/mol. The molecule has 1 aliphatic heterocycles. The summed E-state index contributed by atoms with van der Waals surface area (Å²) in [7, 11) is 0. The van der Waals surface area contributed by atoms with E-state index in [1.165, 1.54) is 27.5 Å². The Balaban J connectivity index is 0.00000200. The van der Waals surface area contributed by atoms with Crippen LogP contribution in [0.15, 0.2) is 97.1 Å². The molecule has 1 heterocycles. The van der Waals surface area contributed by atoms with E-state index in [9.17, 15) is 0 Å². The Morgan fingerprint density at radius 3 is 2.38 bits per heavy atom. The summed E-state index contributed by atoms with van der Waals surface area (Å²) in [6.45, 7) is 4.51. The van der Waals surface area contributed by atoms with E-state index in [4.69, 9.17) is 14.2 Å². The molecule has 1 N–H and O–H groups in total. The van der Waals surface area contributed by atoms with Crippen molar-refractivity contribution < 1.29 is 45.2 Å². The Bertz CT molecular complexity index is 1220. The number of hydrogen-bond acceptors (Lipinski definition) is 4. The number of piperidine rings is 1. The van der Waals surface area contributed by atoms with Gasteiger partial charge in [-0.1, -0.05) is 78.9 Å². The van der Waals surface area contributed by atoms with E-state index in [0.717, 1.165) is 31.7 Å². The third-order valence-electron chi connectivity index (χ3n) is 6.83. The van der Waals surface area contributed by atoms with Gasteiger partial charge in [-0.2, -0.15) is 0 Å². The standard InChI is InChI=1S/C32H35NO3.Na.H/c1-2-7-25(8-3-1)23-34-19-6-20-35-30-15-13-28(14-16-30)31-17-18-33-22-32(31)36-24-26-11-12-27-9-4-5-10-29(27)21-26;;/h1-5,7-16,21,31-33H,6,17-20,22-24H2;;/q;+1;-1. The molecule has 4 aromatic rings. The van der Waals surface area contributed by atoms with Crippen LogP contribution < -0.4 is 39.6 Å². The van der Waals surface area contributed by atoms with Crippen molar-refractivity contribution in [3.05, 3.63) is 114 Å². The van der Waals surface area contributed by atoms with Gasteiger partial charge in [-0.05, 0) is 58.6 Å². The van der Waals surface area contributed by atoms with Crippen LogP contribution in [0.4, 0.5) is 0 Å². The first-order valence-corrected chi connectivity index (χ1v) is 13.0. The molecule has 2 unspecified atom stereocenters. The summed E-state index contributed by atoms with van der Waals surface area (Å²) in [6.07, 6.45) is 2.09. The zero-order chi connectivity index (χ0) is 24.4. The maximum atomic E-state index is 6.44. The fourth-order valence-corrected chi connectivity index (χ4v) is 4.84. The van der Waals surface area contributed by atoms with Gasteiger partial charge >= 0.3 is 29.6 Å². The van der Waals surface area contributed by atoms with Crippen LogP contribution in [0.2, 0.25) is 0 Å². The summed E-state index contributed by atoms with van der Waals surface area (Å²) in [5, 5.41) is 6.03. The molecule has 37 heavy (non-hydrogen) atoms. The third-order valence-corrected chi connectivity index (χ3v) is 6.83. The minimum Gasteiger partial charge on any atom is -1.00 e. The predicted molar refractivity (Wildman–Crippen MR) is 147 cm³/mol. The summed E-state index contributed by atoms with van der Waals surface area (Å²) < 4.78 is 18.1. The molecular formula is C32H36NNaO3. The molecule has 5 heteroatoms. The van der Waals surface area contributed by atoms with E-state index < -0.39 is 0 Å². The van der Waals surface area contributed by atoms with Crippen LogP contribution in [-0.4, -0.2) is 32.4 Å². The van der Waals surface area contributed by atoms with Gasteiger partial charge in [0.1, 0.15) is 5.75 Å². The molecule has 0 amide bonds. The average molecular weight is 506 g/mol. The largest absolute Gasteiger partial charge is 1.00 e. The molecule has 1 saturated heterocycles. The smallest absolute Gasteiger partial charge is 1.00 e. The number of rotatable bonds is 11. The third kappa shape index (κ3) is 8.15. The summed E-state index contributed by atoms with van der Waals surface area (Å²) in [5.74, 6) is 1.29. The van der Waals surface area contributed by atoms with Crippen molar-refractivity contribution in [3.63, 3.8) is 0 Å². The van der Waals surface area contributed by atoms with Crippen molar-refractivity contribution >= 4 is 10.8 Å². The molecule has 4 nitrogen and oxygen atoms in total. The first-order valence-electron chi connectivity index (χ1n) is 13.0. The minimum atomic E-state index is 0. The molecule has 1 fully saturated rings. The summed E-state index contributed by atoms with van der Waals surface area (Å²) in [5.41, 5.74) is 3.74. The Hall–Kier alpha value is -2.18. The second-order valence-electron chi connectivity index (χ2n) is 9.44. The summed E-state index contributed by atoms with van der Waals surface area (Å²) in [6, 6.07) is 33.9. The Morgan fingerprint density at radius 2 is 1.54 bits per heavy atom. The fourth-order valence-electron chi connectivity index (χ4n) is 4.84. The van der Waals surface area contributed by atoms with Crippen molar-refractivity contribution in [2.45, 2.75) is 38.1 Å². The molecule has 2 atom stereocenters. The molecule has 0 radical (unpaired) electrons. The second-order valence-corrected chi connectivity index (χ2v) is 9.44. The molecule has 188 valence electrons. The van der Waals surface area contributed by atoms with Gasteiger partial charge in [-0.15, -0.1) is 0 Å². The summed E-state index contributed by atoms with van der Waals surface area (Å²) >= 11 is 0. The number of benzene rings is 4. The first kappa shape index (κ1) is 27.8. The molecule has 4 aromatic carbocycles. The first-order chi connectivity index (χ1) is 17.8. The van der Waals surface area contributed by atoms with Crippen LogP contribution in [0, 0.1) is 0 Å². The molecule has 0 saturated carbocycles. The van der Waals surface area contributed by atoms with Crippen LogP contribution in [0.25, 0.3) is 10.8 Å². The van der Waals surface area contributed by atoms with Gasteiger partial charge in [0.15, 0.2) is 0 Å². The molecule has 1 aliphatic rings. The Kier molecular flexibility index (Phi) is 11.0. The quantitative estimate of drug-likeness (QED) is 0.250. The van der Waals surface area contributed by atoms with E-state index in [-0.39, 0.29) is 37.1 Å². The van der Waals surface area contributed by atoms with Crippen LogP contribution in [0.5, 0.6) is 5.75 Å². The van der Waals surface area contributed by atoms with Gasteiger partial charge < -0.3 is 21.0 Å². The monoisotopic (exact) mass is 505 g/mol. The molecule has 0 aliphatic carbocycles. The van der Waals surface area contributed by atoms with Crippen LogP contribution in [-0.2, 0) is 22.7 Å². The molecule has 0 aromatic heterocycles. The normalized spacial score (nSPS) is 17.3. The van der Waals surface area contributed by atoms with Gasteiger partial charge in [0.25, 0.3) is 0 Å². The zero-order valence-electron chi connectivity index (χ0n) is 22.8. The maximum absolute atomic E-state index is 6.44. The number of nitrogens with one attached hydrogen (secondary N) is 1. The van der Waals surface area contributed by atoms with Crippen molar-refractivity contribution in [3.8, 4) is 5.75 Å². The van der Waals surface area contributed by atoms with E-state index >= 15 is 0 Å². The van der Waals surface area contributed by atoms with E-state index in [2.05, 4.69) is 84.2 Å². The Labute approximate surface area is 244 Å². The van der Waals surface area contributed by atoms with Crippen LogP contribution in [0.3, 0.4) is 0 Å². The number of hydrogen-bond donors (Lipinski definition) is 1. The van der Waals surface area contributed by atoms with E-state index in [1.807, 2.05) is 18.2 Å². The second kappa shape index (κ2) is 14.7. The van der Waals surface area contributed by atoms with Gasteiger partial charge in [0.2, 0.25) is 0 Å². The van der Waals surface area contributed by atoms with Gasteiger partial charge in [0, 0.05) is 18.9 Å². The minimum absolute atomic E-state index is 0. The topological polar surface area (TPSA) is 39.7 Å². The molecule has 0 spiro atoms. The van der Waals surface area contributed by atoms with Gasteiger partial charge in [0.05, 0.1) is 32.5 Å². The van der Waals surface area contributed by atoms with Crippen molar-refractivity contribution in [1.29, 1.82) is 0 Å². The molecule has 5 rings (SSSR count). The Morgan fingerprint density at radius 1 is 0.757 bits per heavy atom. The van der Waals surface area contributed by atoms with Gasteiger partial charge in [-0.25, -0.2) is 0 Å². The van der Waals surface area contributed by atoms with Crippen LogP contribution in [0.1, 0.15) is 36.9 Å². The van der Waals surface area contributed by atoms with E-state index in [1.54, 1.807) is 0 Å². The van der Waals surface area contributed by atoms with Crippen LogP contribution >= 0.6 is 0 Å². The number of fused-ring (bicyclic) bond motifs is 1. The van der Waals surface area contributed by atoms with Crippen molar-refractivity contribution in [2.75, 3.05) is 26.3 Å². The predicted octanol–water partition coefficient (Wildman–Crippen LogP) is 3.60. The van der Waals surface area contributed by atoms with Gasteiger partial charge in [-0.3, -0.25) is 0 Å². The SMILES string of the molecule is [H-].[Na+].c1ccc(COCCCOc2ccc(C3CCNCC3OCc3ccc4ccccc4c3)cc2)cc1. The zero-order valence-corrected chi connectivity index (χ0v) is 23.8. The van der Waals surface area contributed by atoms with Crippen molar-refractivity contribution in [2.24, 2.45) is 0 Å².